The zero-order valence-corrected chi connectivity index (χ0v) is 37.2. The molecule has 0 aromatic heterocycles. The molecule has 1 aliphatic carbocycles. The third kappa shape index (κ3) is 9.69. The fourth-order valence-electron chi connectivity index (χ4n) is 7.80. The maximum absolute atomic E-state index is 13.3. The molecule has 2 aromatic rings. The number of esters is 1. The second-order valence-electron chi connectivity index (χ2n) is 15.2. The maximum atomic E-state index is 13.3. The van der Waals surface area contributed by atoms with E-state index < -0.39 is 52.9 Å². The fraction of sp³-hybridized carbons (Fsp3) is 0.436. The van der Waals surface area contributed by atoms with Gasteiger partial charge in [-0.05, 0) is 98.9 Å². The van der Waals surface area contributed by atoms with Gasteiger partial charge in [-0.2, -0.15) is 42.5 Å². The molecule has 0 saturated heterocycles. The van der Waals surface area contributed by atoms with Crippen LogP contribution < -0.4 is 4.90 Å². The summed E-state index contributed by atoms with van der Waals surface area (Å²) in [6, 6.07) is 8.81. The van der Waals surface area contributed by atoms with Crippen molar-refractivity contribution >= 4 is 82.0 Å². The molecular weight excluding hydrogens is 881 g/mol. The predicted octanol–water partition coefficient (Wildman–Crippen LogP) is 6.94. The summed E-state index contributed by atoms with van der Waals surface area (Å²) in [6.07, 6.45) is 9.09. The van der Waals surface area contributed by atoms with E-state index in [0.29, 0.717) is 42.1 Å². The van der Waals surface area contributed by atoms with Crippen LogP contribution in [-0.2, 0) is 50.7 Å². The number of anilines is 1. The summed E-state index contributed by atoms with van der Waals surface area (Å²) in [7, 11) is -13.2. The third-order valence-electron chi connectivity index (χ3n) is 10.6. The van der Waals surface area contributed by atoms with E-state index in [0.717, 1.165) is 39.0 Å². The van der Waals surface area contributed by atoms with E-state index in [1.807, 2.05) is 56.6 Å². The lowest BCUT2D eigenvalue weighted by Crippen LogP contribution is -2.28. The van der Waals surface area contributed by atoms with Gasteiger partial charge in [-0.25, -0.2) is 0 Å². The number of carbonyl (C=O) groups excluding carboxylic acids is 1. The Balaban J connectivity index is 1.62. The van der Waals surface area contributed by atoms with Crippen molar-refractivity contribution in [3.63, 3.8) is 0 Å². The van der Waals surface area contributed by atoms with Gasteiger partial charge in [-0.1, -0.05) is 41.9 Å². The van der Waals surface area contributed by atoms with Crippen LogP contribution in [0.25, 0.3) is 0 Å². The molecule has 0 saturated carbocycles. The number of rotatable bonds is 14. The van der Waals surface area contributed by atoms with Crippen LogP contribution in [0.15, 0.2) is 91.8 Å². The lowest BCUT2D eigenvalue weighted by Gasteiger charge is -2.28. The molecule has 2 heterocycles. The number of nitrogens with zero attached hydrogens (tertiary/aromatic N) is 2. The van der Waals surface area contributed by atoms with Crippen LogP contribution >= 0.6 is 28.6 Å². The van der Waals surface area contributed by atoms with Crippen molar-refractivity contribution in [2.24, 2.45) is 5.92 Å². The van der Waals surface area contributed by atoms with Crippen molar-refractivity contribution in [1.82, 2.24) is 0 Å². The quantitative estimate of drug-likeness (QED) is 0.0661. The number of fused-ring (bicyclic) bond motifs is 2. The normalized spacial score (nSPS) is 20.9. The summed E-state index contributed by atoms with van der Waals surface area (Å²) in [6.45, 7) is 10.4. The number of halogens is 1. The average Bonchev–Trinajstić information content (AvgIpc) is 3.45. The Morgan fingerprint density at radius 3 is 2.14 bits per heavy atom. The number of carbonyl (C=O) groups is 1. The number of ether oxygens (including phenoxy) is 1. The lowest BCUT2D eigenvalue weighted by atomic mass is 9.80. The van der Waals surface area contributed by atoms with Crippen molar-refractivity contribution < 1.29 is 53.0 Å². The van der Waals surface area contributed by atoms with Gasteiger partial charge in [-0.3, -0.25) is 18.5 Å². The summed E-state index contributed by atoms with van der Waals surface area (Å²) in [5.74, 6) is -0.773. The molecule has 0 spiro atoms. The standard InChI is InChI=1S/C39H47BrN2O11S4/c1-6-53-37(43)27-21-25(9-15-34-38(2,3)30-23-28(56(47,48)49)11-13-32(30)41(34)17-7-19-54)36(40)26(22-27)10-16-35-39(4,5)31-24-29(57(50,51)52)12-14-33(31)42(35)18-8-20-55(44,45)46/h9-16,23-24,27H,6-8,17-22H2,1-5H3,(H3-,44,45,46,47,48,49,50,51,52,54)/p+1. The van der Waals surface area contributed by atoms with E-state index in [9.17, 15) is 43.7 Å². The monoisotopic (exact) mass is 927 g/mol. The van der Waals surface area contributed by atoms with Gasteiger partial charge >= 0.3 is 5.97 Å². The fourth-order valence-corrected chi connectivity index (χ4v) is 10.0. The third-order valence-corrected chi connectivity index (χ3v) is 14.5. The molecule has 18 heteroatoms. The van der Waals surface area contributed by atoms with Crippen LogP contribution in [0.2, 0.25) is 0 Å². The zero-order valence-electron chi connectivity index (χ0n) is 32.3. The molecule has 1 atom stereocenters. The number of allylic oxidation sites excluding steroid dienone is 8. The summed E-state index contributed by atoms with van der Waals surface area (Å²) < 4.78 is 109. The molecule has 1 unspecified atom stereocenters. The first-order chi connectivity index (χ1) is 26.4. The maximum Gasteiger partial charge on any atom is 0.309 e. The van der Waals surface area contributed by atoms with E-state index >= 15 is 0 Å². The summed E-state index contributed by atoms with van der Waals surface area (Å²) in [5.41, 5.74) is 4.37. The number of hydrogen-bond donors (Lipinski definition) is 4. The van der Waals surface area contributed by atoms with E-state index in [4.69, 9.17) is 4.74 Å². The van der Waals surface area contributed by atoms with Crippen LogP contribution in [0.4, 0.5) is 11.4 Å². The number of hydrogen-bond acceptors (Lipinski definition) is 10. The summed E-state index contributed by atoms with van der Waals surface area (Å²) in [5, 5.41) is 0. The van der Waals surface area contributed by atoms with Crippen LogP contribution in [0.5, 0.6) is 0 Å². The number of benzene rings is 2. The Morgan fingerprint density at radius 2 is 1.54 bits per heavy atom. The van der Waals surface area contributed by atoms with Crippen LogP contribution in [-0.4, -0.2) is 86.4 Å². The van der Waals surface area contributed by atoms with Crippen molar-refractivity contribution in [1.29, 1.82) is 0 Å². The Bertz CT molecular complexity index is 2470. The van der Waals surface area contributed by atoms with Gasteiger partial charge in [0.2, 0.25) is 5.69 Å². The molecule has 0 amide bonds. The molecule has 2 aliphatic heterocycles. The first-order valence-electron chi connectivity index (χ1n) is 18.3. The van der Waals surface area contributed by atoms with Gasteiger partial charge in [0.15, 0.2) is 5.71 Å². The smallest absolute Gasteiger partial charge is 0.309 e. The van der Waals surface area contributed by atoms with Gasteiger partial charge in [0, 0.05) is 52.0 Å². The molecule has 5 rings (SSSR count). The molecule has 3 aliphatic rings. The van der Waals surface area contributed by atoms with Gasteiger partial charge < -0.3 is 9.64 Å². The minimum Gasteiger partial charge on any atom is -0.466 e. The van der Waals surface area contributed by atoms with Crippen LogP contribution in [0.3, 0.4) is 0 Å². The van der Waals surface area contributed by atoms with Gasteiger partial charge in [0.25, 0.3) is 30.4 Å². The highest BCUT2D eigenvalue weighted by molar-refractivity contribution is 9.12. The number of thiol groups is 1. The molecular formula is C39H48BrN2O11S4+. The minimum atomic E-state index is -4.53. The lowest BCUT2D eigenvalue weighted by molar-refractivity contribution is -0.437. The molecule has 3 N–H and O–H groups in total. The highest BCUT2D eigenvalue weighted by Gasteiger charge is 2.45. The molecule has 57 heavy (non-hydrogen) atoms. The Hall–Kier alpha value is -3.10. The second-order valence-corrected chi connectivity index (χ2v) is 20.9. The van der Waals surface area contributed by atoms with Crippen molar-refractivity contribution in [2.45, 2.75) is 80.9 Å². The Morgan fingerprint density at radius 1 is 0.912 bits per heavy atom. The van der Waals surface area contributed by atoms with Crippen LogP contribution in [0.1, 0.15) is 71.4 Å². The van der Waals surface area contributed by atoms with E-state index in [1.165, 1.54) is 24.3 Å². The van der Waals surface area contributed by atoms with Gasteiger partial charge in [0.05, 0.1) is 33.5 Å². The Labute approximate surface area is 349 Å². The van der Waals surface area contributed by atoms with Gasteiger partial charge in [-0.15, -0.1) is 0 Å². The topological polar surface area (TPSA) is 196 Å². The zero-order chi connectivity index (χ0) is 42.3. The first-order valence-corrected chi connectivity index (χ1v) is 24.2. The average molecular weight is 929 g/mol. The summed E-state index contributed by atoms with van der Waals surface area (Å²) >= 11 is 8.23. The SMILES string of the molecule is CCOC(=O)C1CC(/C=C/C2=[N+](CCCS(=O)(=O)O)c3ccc(S(=O)(=O)O)cc3C2(C)C)=C(Br)C(=C/C=C2/N(CCCS)c3ccc(S(=O)(=O)O)cc3C2(C)C)/C1. The highest BCUT2D eigenvalue weighted by atomic mass is 79.9. The molecule has 13 nitrogen and oxygen atoms in total. The van der Waals surface area contributed by atoms with E-state index in [2.05, 4.69) is 33.5 Å². The summed E-state index contributed by atoms with van der Waals surface area (Å²) in [4.78, 5) is 14.9. The Kier molecular flexibility index (Phi) is 13.3. The minimum absolute atomic E-state index is 0.0625. The van der Waals surface area contributed by atoms with Crippen molar-refractivity contribution in [3.8, 4) is 0 Å². The molecule has 310 valence electrons. The highest BCUT2D eigenvalue weighted by Crippen LogP contribution is 2.49. The molecule has 2 aromatic carbocycles. The van der Waals surface area contributed by atoms with E-state index in [1.54, 1.807) is 19.1 Å². The largest absolute Gasteiger partial charge is 0.466 e. The first kappa shape index (κ1) is 45.0. The van der Waals surface area contributed by atoms with Crippen LogP contribution in [0, 0.1) is 5.92 Å². The van der Waals surface area contributed by atoms with Gasteiger partial charge in [0.1, 0.15) is 6.54 Å². The molecule has 0 fully saturated rings. The second kappa shape index (κ2) is 16.9. The molecule has 0 bridgehead atoms. The van der Waals surface area contributed by atoms with Crippen molar-refractivity contribution in [2.75, 3.05) is 36.1 Å². The molecule has 0 radical (unpaired) electrons. The predicted molar refractivity (Wildman–Crippen MR) is 226 cm³/mol. The van der Waals surface area contributed by atoms with E-state index in [-0.39, 0.29) is 35.3 Å². The van der Waals surface area contributed by atoms with Crippen molar-refractivity contribution in [3.05, 3.63) is 93.2 Å².